The Kier molecular flexibility index (Phi) is 9.38. The molecule has 0 aromatic carbocycles. The van der Waals surface area contributed by atoms with Crippen molar-refractivity contribution in [2.24, 2.45) is 21.5 Å². The lowest BCUT2D eigenvalue weighted by molar-refractivity contribution is 0.597. The third-order valence-corrected chi connectivity index (χ3v) is 2.42. The van der Waals surface area contributed by atoms with Crippen LogP contribution in [0.5, 0.6) is 0 Å². The maximum absolute atomic E-state index is 5.48. The molecule has 4 heteroatoms. The first-order valence-corrected chi connectivity index (χ1v) is 5.83. The number of nitrogens with two attached hydrogens (primary N) is 2. The van der Waals surface area contributed by atoms with Gasteiger partial charge in [0.05, 0.1) is 18.1 Å². The van der Waals surface area contributed by atoms with Gasteiger partial charge >= 0.3 is 0 Å². The van der Waals surface area contributed by atoms with Crippen molar-refractivity contribution < 1.29 is 0 Å². The van der Waals surface area contributed by atoms with Crippen LogP contribution in [0, 0.1) is 0 Å². The lowest BCUT2D eigenvalue weighted by atomic mass is 10.1. The fourth-order valence-corrected chi connectivity index (χ4v) is 1.30. The van der Waals surface area contributed by atoms with Gasteiger partial charge in [-0.2, -0.15) is 0 Å². The van der Waals surface area contributed by atoms with E-state index in [0.717, 1.165) is 25.7 Å². The van der Waals surface area contributed by atoms with E-state index in [1.54, 1.807) is 0 Å². The van der Waals surface area contributed by atoms with Crippen LogP contribution in [0.1, 0.15) is 39.5 Å². The van der Waals surface area contributed by atoms with E-state index in [4.69, 9.17) is 11.5 Å². The van der Waals surface area contributed by atoms with Gasteiger partial charge in [-0.25, -0.2) is 9.98 Å². The van der Waals surface area contributed by atoms with Crippen LogP contribution >= 0.6 is 0 Å². The quantitative estimate of drug-likeness (QED) is 0.597. The van der Waals surface area contributed by atoms with E-state index in [9.17, 15) is 0 Å². The highest BCUT2D eigenvalue weighted by Gasteiger charge is 2.02. The van der Waals surface area contributed by atoms with Crippen molar-refractivity contribution in [1.82, 2.24) is 0 Å². The van der Waals surface area contributed by atoms with E-state index in [0.29, 0.717) is 13.1 Å². The van der Waals surface area contributed by atoms with Gasteiger partial charge in [-0.05, 0) is 38.8 Å². The molecule has 0 aliphatic heterocycles. The molecule has 4 N–H and O–H groups in total. The smallest absolute Gasteiger partial charge is 0.0898 e. The molecule has 0 saturated carbocycles. The zero-order chi connectivity index (χ0) is 11.5. The summed E-state index contributed by atoms with van der Waals surface area (Å²) in [4.78, 5) is 8.53. The van der Waals surface area contributed by atoms with Crippen LogP contribution in [-0.4, -0.2) is 31.2 Å². The largest absolute Gasteiger partial charge is 0.330 e. The molecule has 0 aliphatic rings. The van der Waals surface area contributed by atoms with Crippen molar-refractivity contribution in [2.75, 3.05) is 13.1 Å². The SMILES string of the molecule is CCC(CCN)N=C=NC(CC)CCN. The van der Waals surface area contributed by atoms with Gasteiger partial charge < -0.3 is 11.5 Å². The van der Waals surface area contributed by atoms with Gasteiger partial charge in [0.2, 0.25) is 0 Å². The summed E-state index contributed by atoms with van der Waals surface area (Å²) in [5.74, 6) is 0. The lowest BCUT2D eigenvalue weighted by Crippen LogP contribution is -2.12. The normalized spacial score (nSPS) is 14.1. The molecule has 0 aliphatic carbocycles. The third-order valence-electron chi connectivity index (χ3n) is 2.42. The Morgan fingerprint density at radius 1 is 0.933 bits per heavy atom. The topological polar surface area (TPSA) is 76.8 Å². The van der Waals surface area contributed by atoms with Crippen molar-refractivity contribution in [2.45, 2.75) is 51.6 Å². The third kappa shape index (κ3) is 7.25. The van der Waals surface area contributed by atoms with Gasteiger partial charge in [0.15, 0.2) is 0 Å². The molecule has 0 radical (unpaired) electrons. The Bertz CT molecular complexity index is 179. The number of nitrogens with zero attached hydrogens (tertiary/aromatic N) is 2. The highest BCUT2D eigenvalue weighted by molar-refractivity contribution is 5.42. The Labute approximate surface area is 92.9 Å². The van der Waals surface area contributed by atoms with Crippen LogP contribution in [0.25, 0.3) is 0 Å². The van der Waals surface area contributed by atoms with E-state index >= 15 is 0 Å². The Hall–Kier alpha value is -0.700. The van der Waals surface area contributed by atoms with Crippen molar-refractivity contribution in [3.05, 3.63) is 0 Å². The predicted molar refractivity (Wildman–Crippen MR) is 65.4 cm³/mol. The van der Waals surface area contributed by atoms with Gasteiger partial charge in [0.25, 0.3) is 0 Å². The summed E-state index contributed by atoms with van der Waals surface area (Å²) in [7, 11) is 0. The average Bonchev–Trinajstić information content (AvgIpc) is 2.26. The molecule has 0 saturated heterocycles. The minimum atomic E-state index is 0.272. The Morgan fingerprint density at radius 2 is 1.33 bits per heavy atom. The molecule has 0 fully saturated rings. The zero-order valence-corrected chi connectivity index (χ0v) is 9.95. The van der Waals surface area contributed by atoms with Gasteiger partial charge in [-0.1, -0.05) is 13.8 Å². The molecule has 2 atom stereocenters. The maximum Gasteiger partial charge on any atom is 0.0898 e. The first kappa shape index (κ1) is 14.3. The molecule has 0 aromatic heterocycles. The summed E-state index contributed by atoms with van der Waals surface area (Å²) >= 11 is 0. The highest BCUT2D eigenvalue weighted by atomic mass is 14.9. The zero-order valence-electron chi connectivity index (χ0n) is 9.95. The summed E-state index contributed by atoms with van der Waals surface area (Å²) in [6.07, 6.45) is 3.81. The van der Waals surface area contributed by atoms with Crippen molar-refractivity contribution >= 4 is 6.01 Å². The van der Waals surface area contributed by atoms with E-state index in [1.165, 1.54) is 0 Å². The average molecular weight is 212 g/mol. The van der Waals surface area contributed by atoms with Crippen LogP contribution in [0.2, 0.25) is 0 Å². The monoisotopic (exact) mass is 212 g/mol. The molecule has 0 aromatic rings. The van der Waals surface area contributed by atoms with Crippen molar-refractivity contribution in [1.29, 1.82) is 0 Å². The molecular formula is C11H24N4. The molecule has 15 heavy (non-hydrogen) atoms. The van der Waals surface area contributed by atoms with E-state index in [2.05, 4.69) is 29.8 Å². The number of aliphatic imine (C=N–C) groups is 2. The van der Waals surface area contributed by atoms with E-state index in [-0.39, 0.29) is 12.1 Å². The number of hydrogen-bond acceptors (Lipinski definition) is 4. The van der Waals surface area contributed by atoms with Gasteiger partial charge in [-0.3, -0.25) is 0 Å². The molecule has 0 rings (SSSR count). The van der Waals surface area contributed by atoms with Crippen LogP contribution < -0.4 is 11.5 Å². The second-order valence-corrected chi connectivity index (χ2v) is 3.64. The van der Waals surface area contributed by atoms with Crippen LogP contribution in [0.4, 0.5) is 0 Å². The fraction of sp³-hybridized carbons (Fsp3) is 0.909. The van der Waals surface area contributed by atoms with Crippen LogP contribution in [0.3, 0.4) is 0 Å². The Balaban J connectivity index is 4.13. The molecule has 0 amide bonds. The fourth-order valence-electron chi connectivity index (χ4n) is 1.30. The molecule has 0 bridgehead atoms. The molecule has 0 spiro atoms. The molecule has 0 heterocycles. The highest BCUT2D eigenvalue weighted by Crippen LogP contribution is 2.02. The Morgan fingerprint density at radius 3 is 1.60 bits per heavy atom. The molecule has 88 valence electrons. The van der Waals surface area contributed by atoms with E-state index in [1.807, 2.05) is 0 Å². The minimum Gasteiger partial charge on any atom is -0.330 e. The second-order valence-electron chi connectivity index (χ2n) is 3.64. The summed E-state index contributed by atoms with van der Waals surface area (Å²) < 4.78 is 0. The van der Waals surface area contributed by atoms with Gasteiger partial charge in [0, 0.05) is 0 Å². The molecular weight excluding hydrogens is 188 g/mol. The predicted octanol–water partition coefficient (Wildman–Crippen LogP) is 1.42. The van der Waals surface area contributed by atoms with Crippen molar-refractivity contribution in [3.63, 3.8) is 0 Å². The van der Waals surface area contributed by atoms with Gasteiger partial charge in [0.1, 0.15) is 0 Å². The molecule has 2 unspecified atom stereocenters. The first-order valence-electron chi connectivity index (χ1n) is 5.83. The van der Waals surface area contributed by atoms with Crippen LogP contribution in [0.15, 0.2) is 9.98 Å². The summed E-state index contributed by atoms with van der Waals surface area (Å²) in [6.45, 7) is 5.54. The summed E-state index contributed by atoms with van der Waals surface area (Å²) in [5.41, 5.74) is 11.0. The number of rotatable bonds is 8. The lowest BCUT2D eigenvalue weighted by Gasteiger charge is -2.06. The van der Waals surface area contributed by atoms with E-state index < -0.39 is 0 Å². The summed E-state index contributed by atoms with van der Waals surface area (Å²) in [5, 5.41) is 0. The van der Waals surface area contributed by atoms with Crippen LogP contribution in [-0.2, 0) is 0 Å². The molecule has 4 nitrogen and oxygen atoms in total. The number of hydrogen-bond donors (Lipinski definition) is 2. The standard InChI is InChI=1S/C11H24N4/c1-3-10(5-7-12)14-9-15-11(4-2)6-8-13/h10-11H,3-8,12-13H2,1-2H3. The minimum absolute atomic E-state index is 0.272. The first-order chi connectivity index (χ1) is 7.28. The second kappa shape index (κ2) is 9.84. The maximum atomic E-state index is 5.48. The summed E-state index contributed by atoms with van der Waals surface area (Å²) in [6, 6.07) is 3.34. The van der Waals surface area contributed by atoms with Gasteiger partial charge in [-0.15, -0.1) is 0 Å². The van der Waals surface area contributed by atoms with Crippen molar-refractivity contribution in [3.8, 4) is 0 Å².